The maximum absolute atomic E-state index is 11.6. The van der Waals surface area contributed by atoms with Crippen molar-refractivity contribution in [2.45, 2.75) is 33.1 Å². The van der Waals surface area contributed by atoms with E-state index < -0.39 is 0 Å². The molecule has 0 saturated carbocycles. The number of hydrogen-bond donors (Lipinski definition) is 1. The number of carbonyl (C=O) groups is 1. The molecule has 0 aliphatic carbocycles. The number of amides is 1. The average Bonchev–Trinajstić information content (AvgIpc) is 2.85. The van der Waals surface area contributed by atoms with Gasteiger partial charge in [0.15, 0.2) is 0 Å². The van der Waals surface area contributed by atoms with Crippen molar-refractivity contribution in [2.24, 2.45) is 0 Å². The first-order valence-corrected chi connectivity index (χ1v) is 7.21. The maximum atomic E-state index is 11.6. The van der Waals surface area contributed by atoms with Crippen molar-refractivity contribution in [1.29, 1.82) is 0 Å². The molecule has 1 N–H and O–H groups in total. The Morgan fingerprint density at radius 3 is 2.95 bits per heavy atom. The first kappa shape index (κ1) is 13.7. The number of carbonyl (C=O) groups excluding carboxylic acids is 1. The highest BCUT2D eigenvalue weighted by Crippen LogP contribution is 2.26. The van der Waals surface area contributed by atoms with Gasteiger partial charge >= 0.3 is 0 Å². The van der Waals surface area contributed by atoms with Crippen LogP contribution in [0.3, 0.4) is 0 Å². The molecule has 0 spiro atoms. The van der Waals surface area contributed by atoms with E-state index in [0.29, 0.717) is 11.6 Å². The van der Waals surface area contributed by atoms with E-state index in [0.717, 1.165) is 23.4 Å². The molecule has 0 aliphatic rings. The van der Waals surface area contributed by atoms with Crippen molar-refractivity contribution in [3.05, 3.63) is 29.8 Å². The van der Waals surface area contributed by atoms with Gasteiger partial charge in [-0.3, -0.25) is 4.79 Å². The van der Waals surface area contributed by atoms with Crippen LogP contribution in [0.25, 0.3) is 10.6 Å². The molecule has 0 bridgehead atoms. The van der Waals surface area contributed by atoms with Gasteiger partial charge in [0.05, 0.1) is 0 Å². The van der Waals surface area contributed by atoms with Crippen LogP contribution in [0.4, 0.5) is 5.13 Å². The third-order valence-corrected chi connectivity index (χ3v) is 3.58. The molecule has 19 heavy (non-hydrogen) atoms. The van der Waals surface area contributed by atoms with Crippen molar-refractivity contribution in [3.8, 4) is 10.6 Å². The molecule has 100 valence electrons. The monoisotopic (exact) mass is 275 g/mol. The van der Waals surface area contributed by atoms with E-state index in [1.165, 1.54) is 16.9 Å². The van der Waals surface area contributed by atoms with E-state index in [9.17, 15) is 4.79 Å². The fourth-order valence-electron chi connectivity index (χ4n) is 1.69. The van der Waals surface area contributed by atoms with Crippen molar-refractivity contribution >= 4 is 22.4 Å². The summed E-state index contributed by atoms with van der Waals surface area (Å²) in [6, 6.07) is 8.09. The van der Waals surface area contributed by atoms with Gasteiger partial charge in [0.25, 0.3) is 0 Å². The van der Waals surface area contributed by atoms with Crippen LogP contribution in [-0.2, 0) is 4.79 Å². The second kappa shape index (κ2) is 6.43. The predicted octanol–water partition coefficient (Wildman–Crippen LogP) is 3.64. The third kappa shape index (κ3) is 3.86. The minimum absolute atomic E-state index is 0.00814. The van der Waals surface area contributed by atoms with Gasteiger partial charge in [-0.15, -0.1) is 10.2 Å². The van der Waals surface area contributed by atoms with Crippen LogP contribution in [0.15, 0.2) is 24.3 Å². The topological polar surface area (TPSA) is 54.9 Å². The normalized spacial score (nSPS) is 10.4. The number of aromatic nitrogens is 2. The van der Waals surface area contributed by atoms with Gasteiger partial charge in [0.1, 0.15) is 5.01 Å². The zero-order chi connectivity index (χ0) is 13.7. The maximum Gasteiger partial charge on any atom is 0.226 e. The molecule has 0 fully saturated rings. The number of benzene rings is 1. The molecule has 2 aromatic rings. The lowest BCUT2D eigenvalue weighted by molar-refractivity contribution is -0.116. The Morgan fingerprint density at radius 1 is 1.37 bits per heavy atom. The molecule has 1 amide bonds. The van der Waals surface area contributed by atoms with Crippen LogP contribution in [0.5, 0.6) is 0 Å². The summed E-state index contributed by atoms with van der Waals surface area (Å²) in [5.74, 6) is 0.00814. The first-order chi connectivity index (χ1) is 9.19. The van der Waals surface area contributed by atoms with Crippen molar-refractivity contribution in [3.63, 3.8) is 0 Å². The van der Waals surface area contributed by atoms with E-state index in [1.807, 2.05) is 25.1 Å². The number of hydrogen-bond acceptors (Lipinski definition) is 4. The molecule has 1 aromatic heterocycles. The van der Waals surface area contributed by atoms with Gasteiger partial charge in [0.2, 0.25) is 11.0 Å². The lowest BCUT2D eigenvalue weighted by Gasteiger charge is -1.98. The Morgan fingerprint density at radius 2 is 2.21 bits per heavy atom. The van der Waals surface area contributed by atoms with Gasteiger partial charge < -0.3 is 5.32 Å². The standard InChI is InChI=1S/C14H17N3OS/c1-3-4-8-12(18)15-14-17-16-13(19-14)11-7-5-6-10(2)9-11/h5-7,9H,3-4,8H2,1-2H3,(H,15,17,18). The molecule has 5 heteroatoms. The van der Waals surface area contributed by atoms with Gasteiger partial charge in [-0.05, 0) is 19.4 Å². The fourth-order valence-corrected chi connectivity index (χ4v) is 2.44. The molecule has 4 nitrogen and oxygen atoms in total. The molecule has 1 heterocycles. The summed E-state index contributed by atoms with van der Waals surface area (Å²) in [6.07, 6.45) is 2.45. The Labute approximate surface area is 116 Å². The predicted molar refractivity (Wildman–Crippen MR) is 78.2 cm³/mol. The minimum atomic E-state index is 0.00814. The zero-order valence-corrected chi connectivity index (χ0v) is 12.0. The molecular formula is C14H17N3OS. The number of rotatable bonds is 5. The molecule has 0 saturated heterocycles. The Balaban J connectivity index is 2.05. The van der Waals surface area contributed by atoms with E-state index in [-0.39, 0.29) is 5.91 Å². The largest absolute Gasteiger partial charge is 0.301 e. The first-order valence-electron chi connectivity index (χ1n) is 6.39. The molecule has 0 atom stereocenters. The van der Waals surface area contributed by atoms with Crippen molar-refractivity contribution in [2.75, 3.05) is 5.32 Å². The van der Waals surface area contributed by atoms with Crippen LogP contribution in [0.1, 0.15) is 31.7 Å². The fraction of sp³-hybridized carbons (Fsp3) is 0.357. The minimum Gasteiger partial charge on any atom is -0.301 e. The molecule has 0 unspecified atom stereocenters. The second-order valence-electron chi connectivity index (χ2n) is 4.43. The van der Waals surface area contributed by atoms with Crippen LogP contribution in [0.2, 0.25) is 0 Å². The second-order valence-corrected chi connectivity index (χ2v) is 5.41. The highest BCUT2D eigenvalue weighted by atomic mass is 32.1. The van der Waals surface area contributed by atoms with Crippen LogP contribution in [-0.4, -0.2) is 16.1 Å². The van der Waals surface area contributed by atoms with Crippen molar-refractivity contribution in [1.82, 2.24) is 10.2 Å². The summed E-state index contributed by atoms with van der Waals surface area (Å²) in [5, 5.41) is 12.3. The SMILES string of the molecule is CCCCC(=O)Nc1nnc(-c2cccc(C)c2)s1. The van der Waals surface area contributed by atoms with E-state index >= 15 is 0 Å². The highest BCUT2D eigenvalue weighted by Gasteiger charge is 2.09. The molecular weight excluding hydrogens is 258 g/mol. The number of anilines is 1. The summed E-state index contributed by atoms with van der Waals surface area (Å²) in [5.41, 5.74) is 2.22. The highest BCUT2D eigenvalue weighted by molar-refractivity contribution is 7.18. The number of nitrogens with zero attached hydrogens (tertiary/aromatic N) is 2. The summed E-state index contributed by atoms with van der Waals surface area (Å²) in [6.45, 7) is 4.10. The van der Waals surface area contributed by atoms with Gasteiger partial charge in [0, 0.05) is 12.0 Å². The Kier molecular flexibility index (Phi) is 4.63. The lowest BCUT2D eigenvalue weighted by atomic mass is 10.1. The Bertz CT molecular complexity index is 565. The molecule has 2 rings (SSSR count). The van der Waals surface area contributed by atoms with Gasteiger partial charge in [-0.2, -0.15) is 0 Å². The Hall–Kier alpha value is -1.75. The molecule has 1 aromatic carbocycles. The zero-order valence-electron chi connectivity index (χ0n) is 11.1. The van der Waals surface area contributed by atoms with Crippen LogP contribution < -0.4 is 5.32 Å². The summed E-state index contributed by atoms with van der Waals surface area (Å²) in [7, 11) is 0. The van der Waals surface area contributed by atoms with Gasteiger partial charge in [-0.1, -0.05) is 48.4 Å². The molecule has 0 radical (unpaired) electrons. The third-order valence-electron chi connectivity index (χ3n) is 2.69. The summed E-state index contributed by atoms with van der Waals surface area (Å²) < 4.78 is 0. The smallest absolute Gasteiger partial charge is 0.226 e. The van der Waals surface area contributed by atoms with Crippen molar-refractivity contribution < 1.29 is 4.79 Å². The van der Waals surface area contributed by atoms with E-state index in [1.54, 1.807) is 0 Å². The summed E-state index contributed by atoms with van der Waals surface area (Å²) >= 11 is 1.40. The van der Waals surface area contributed by atoms with E-state index in [2.05, 4.69) is 28.5 Å². The average molecular weight is 275 g/mol. The van der Waals surface area contributed by atoms with Crippen LogP contribution >= 0.6 is 11.3 Å². The van der Waals surface area contributed by atoms with E-state index in [4.69, 9.17) is 0 Å². The molecule has 0 aliphatic heterocycles. The quantitative estimate of drug-likeness (QED) is 0.906. The summed E-state index contributed by atoms with van der Waals surface area (Å²) in [4.78, 5) is 11.6. The number of aryl methyl sites for hydroxylation is 1. The van der Waals surface area contributed by atoms with Gasteiger partial charge in [-0.25, -0.2) is 0 Å². The number of nitrogens with one attached hydrogen (secondary N) is 1. The number of unbranched alkanes of at least 4 members (excludes halogenated alkanes) is 1. The lowest BCUT2D eigenvalue weighted by Crippen LogP contribution is -2.10. The van der Waals surface area contributed by atoms with Crippen LogP contribution in [0, 0.1) is 6.92 Å².